The highest BCUT2D eigenvalue weighted by atomic mass is 16.2. The smallest absolute Gasteiger partial charge is 0.246 e. The standard InChI is InChI=1S/C11H18N2O2/c1-13-10(14)5-4-9(11(13)15)12-7-6-8-2-3-8/h8-9,12H,2-7H2,1H3. The van der Waals surface area contributed by atoms with E-state index in [1.807, 2.05) is 0 Å². The lowest BCUT2D eigenvalue weighted by molar-refractivity contribution is -0.148. The van der Waals surface area contributed by atoms with Crippen LogP contribution < -0.4 is 5.32 Å². The van der Waals surface area contributed by atoms with Crippen molar-refractivity contribution in [3.05, 3.63) is 0 Å². The number of amides is 2. The molecule has 4 heteroatoms. The van der Waals surface area contributed by atoms with Gasteiger partial charge in [-0.25, -0.2) is 0 Å². The predicted molar refractivity (Wildman–Crippen MR) is 56.1 cm³/mol. The van der Waals surface area contributed by atoms with E-state index < -0.39 is 0 Å². The van der Waals surface area contributed by atoms with E-state index in [1.165, 1.54) is 24.2 Å². The topological polar surface area (TPSA) is 49.4 Å². The van der Waals surface area contributed by atoms with Gasteiger partial charge >= 0.3 is 0 Å². The fourth-order valence-corrected chi connectivity index (χ4v) is 1.97. The first-order valence-corrected chi connectivity index (χ1v) is 5.72. The molecule has 0 aromatic carbocycles. The van der Waals surface area contributed by atoms with Crippen molar-refractivity contribution in [2.24, 2.45) is 5.92 Å². The van der Waals surface area contributed by atoms with Crippen LogP contribution in [-0.2, 0) is 9.59 Å². The van der Waals surface area contributed by atoms with E-state index in [0.29, 0.717) is 12.8 Å². The van der Waals surface area contributed by atoms with Crippen LogP contribution >= 0.6 is 0 Å². The fraction of sp³-hybridized carbons (Fsp3) is 0.818. The highest BCUT2D eigenvalue weighted by Crippen LogP contribution is 2.31. The van der Waals surface area contributed by atoms with Gasteiger partial charge in [0.15, 0.2) is 0 Å². The van der Waals surface area contributed by atoms with E-state index >= 15 is 0 Å². The molecule has 2 fully saturated rings. The average Bonchev–Trinajstić information content (AvgIpc) is 3.02. The van der Waals surface area contributed by atoms with Gasteiger partial charge in [0.25, 0.3) is 0 Å². The van der Waals surface area contributed by atoms with Crippen LogP contribution in [0.3, 0.4) is 0 Å². The molecule has 0 aromatic rings. The number of nitrogens with one attached hydrogen (secondary N) is 1. The Kier molecular flexibility index (Phi) is 3.05. The Morgan fingerprint density at radius 1 is 1.33 bits per heavy atom. The molecule has 84 valence electrons. The number of nitrogens with zero attached hydrogens (tertiary/aromatic N) is 1. The molecule has 1 saturated carbocycles. The van der Waals surface area contributed by atoms with Gasteiger partial charge in [0.05, 0.1) is 6.04 Å². The number of hydrogen-bond donors (Lipinski definition) is 1. The Bertz CT molecular complexity index is 274. The monoisotopic (exact) mass is 210 g/mol. The lowest BCUT2D eigenvalue weighted by atomic mass is 10.0. The van der Waals surface area contributed by atoms with E-state index in [0.717, 1.165) is 12.5 Å². The van der Waals surface area contributed by atoms with Gasteiger partial charge in [-0.05, 0) is 25.3 Å². The van der Waals surface area contributed by atoms with Crippen molar-refractivity contribution >= 4 is 11.8 Å². The molecular formula is C11H18N2O2. The summed E-state index contributed by atoms with van der Waals surface area (Å²) >= 11 is 0. The first-order chi connectivity index (χ1) is 7.18. The molecule has 1 aliphatic carbocycles. The molecular weight excluding hydrogens is 192 g/mol. The van der Waals surface area contributed by atoms with Crippen molar-refractivity contribution in [2.75, 3.05) is 13.6 Å². The summed E-state index contributed by atoms with van der Waals surface area (Å²) in [6.07, 6.45) is 5.01. The molecule has 1 heterocycles. The first kappa shape index (κ1) is 10.6. The zero-order valence-electron chi connectivity index (χ0n) is 9.16. The van der Waals surface area contributed by atoms with Gasteiger partial charge in [-0.1, -0.05) is 12.8 Å². The maximum atomic E-state index is 11.7. The second-order valence-electron chi connectivity index (χ2n) is 4.57. The van der Waals surface area contributed by atoms with Gasteiger partial charge < -0.3 is 5.32 Å². The van der Waals surface area contributed by atoms with Gasteiger partial charge in [-0.15, -0.1) is 0 Å². The number of carbonyl (C=O) groups is 2. The summed E-state index contributed by atoms with van der Waals surface area (Å²) in [6, 6.07) is -0.133. The minimum Gasteiger partial charge on any atom is -0.306 e. The molecule has 1 N–H and O–H groups in total. The zero-order valence-corrected chi connectivity index (χ0v) is 9.16. The highest BCUT2D eigenvalue weighted by Gasteiger charge is 2.31. The lowest BCUT2D eigenvalue weighted by Crippen LogP contribution is -2.51. The van der Waals surface area contributed by atoms with Crippen LogP contribution in [0, 0.1) is 5.92 Å². The largest absolute Gasteiger partial charge is 0.306 e. The minimum atomic E-state index is -0.133. The van der Waals surface area contributed by atoms with E-state index in [-0.39, 0.29) is 17.9 Å². The minimum absolute atomic E-state index is 0.0553. The summed E-state index contributed by atoms with van der Waals surface area (Å²) in [7, 11) is 1.57. The molecule has 2 aliphatic rings. The van der Waals surface area contributed by atoms with E-state index in [4.69, 9.17) is 0 Å². The van der Waals surface area contributed by atoms with Gasteiger partial charge in [-0.2, -0.15) is 0 Å². The Balaban J connectivity index is 1.75. The molecule has 0 spiro atoms. The Morgan fingerprint density at radius 2 is 2.07 bits per heavy atom. The van der Waals surface area contributed by atoms with Crippen molar-refractivity contribution in [3.8, 4) is 0 Å². The zero-order chi connectivity index (χ0) is 10.8. The molecule has 0 aromatic heterocycles. The Morgan fingerprint density at radius 3 is 2.73 bits per heavy atom. The van der Waals surface area contributed by atoms with Crippen molar-refractivity contribution in [1.29, 1.82) is 0 Å². The molecule has 1 atom stereocenters. The molecule has 1 unspecified atom stereocenters. The normalized spacial score (nSPS) is 27.3. The summed E-state index contributed by atoms with van der Waals surface area (Å²) in [4.78, 5) is 24.1. The van der Waals surface area contributed by atoms with Gasteiger partial charge in [0.1, 0.15) is 0 Å². The molecule has 0 bridgehead atoms. The molecule has 2 rings (SSSR count). The molecule has 2 amide bonds. The third kappa shape index (κ3) is 2.56. The molecule has 4 nitrogen and oxygen atoms in total. The summed E-state index contributed by atoms with van der Waals surface area (Å²) in [5, 5.41) is 3.25. The van der Waals surface area contributed by atoms with Crippen LogP contribution in [0.4, 0.5) is 0 Å². The van der Waals surface area contributed by atoms with Crippen molar-refractivity contribution in [3.63, 3.8) is 0 Å². The van der Waals surface area contributed by atoms with E-state index in [2.05, 4.69) is 5.32 Å². The maximum absolute atomic E-state index is 11.7. The quantitative estimate of drug-likeness (QED) is 0.688. The van der Waals surface area contributed by atoms with Crippen LogP contribution in [0.2, 0.25) is 0 Å². The van der Waals surface area contributed by atoms with E-state index in [1.54, 1.807) is 7.05 Å². The fourth-order valence-electron chi connectivity index (χ4n) is 1.97. The SMILES string of the molecule is CN1C(=O)CCC(NCCC2CC2)C1=O. The Labute approximate surface area is 90.0 Å². The summed E-state index contributed by atoms with van der Waals surface area (Å²) in [6.45, 7) is 0.906. The van der Waals surface area contributed by atoms with Gasteiger partial charge in [0, 0.05) is 13.5 Å². The molecule has 1 saturated heterocycles. The number of likely N-dealkylation sites (N-methyl/N-ethyl adjacent to an activating group) is 1. The molecule has 0 radical (unpaired) electrons. The third-order valence-electron chi connectivity index (χ3n) is 3.29. The number of imide groups is 1. The average molecular weight is 210 g/mol. The number of carbonyl (C=O) groups excluding carboxylic acids is 2. The maximum Gasteiger partial charge on any atom is 0.246 e. The van der Waals surface area contributed by atoms with Crippen LogP contribution in [-0.4, -0.2) is 36.3 Å². The van der Waals surface area contributed by atoms with Gasteiger partial charge in [-0.3, -0.25) is 14.5 Å². The first-order valence-electron chi connectivity index (χ1n) is 5.72. The lowest BCUT2D eigenvalue weighted by Gasteiger charge is -2.28. The summed E-state index contributed by atoms with van der Waals surface area (Å²) in [5.74, 6) is 0.762. The van der Waals surface area contributed by atoms with Crippen molar-refractivity contribution in [2.45, 2.75) is 38.1 Å². The molecule has 15 heavy (non-hydrogen) atoms. The molecule has 1 aliphatic heterocycles. The van der Waals surface area contributed by atoms with Crippen LogP contribution in [0.15, 0.2) is 0 Å². The van der Waals surface area contributed by atoms with Crippen LogP contribution in [0.25, 0.3) is 0 Å². The Hall–Kier alpha value is -0.900. The highest BCUT2D eigenvalue weighted by molar-refractivity contribution is 6.00. The van der Waals surface area contributed by atoms with Gasteiger partial charge in [0.2, 0.25) is 11.8 Å². The van der Waals surface area contributed by atoms with Crippen molar-refractivity contribution < 1.29 is 9.59 Å². The van der Waals surface area contributed by atoms with E-state index in [9.17, 15) is 9.59 Å². The second-order valence-corrected chi connectivity index (χ2v) is 4.57. The number of likely N-dealkylation sites (tertiary alicyclic amines) is 1. The summed E-state index contributed by atoms with van der Waals surface area (Å²) in [5.41, 5.74) is 0. The number of rotatable bonds is 4. The van der Waals surface area contributed by atoms with Crippen molar-refractivity contribution in [1.82, 2.24) is 10.2 Å². The van der Waals surface area contributed by atoms with Crippen LogP contribution in [0.5, 0.6) is 0 Å². The predicted octanol–water partition coefficient (Wildman–Crippen LogP) is 0.523. The summed E-state index contributed by atoms with van der Waals surface area (Å²) < 4.78 is 0. The number of piperidine rings is 1. The van der Waals surface area contributed by atoms with Crippen LogP contribution in [0.1, 0.15) is 32.1 Å². The third-order valence-corrected chi connectivity index (χ3v) is 3.29. The number of hydrogen-bond acceptors (Lipinski definition) is 3. The second kappa shape index (κ2) is 4.31.